The topological polar surface area (TPSA) is 28.2 Å². The molecular weight excluding hydrogens is 326 g/mol. The lowest BCUT2D eigenvalue weighted by Gasteiger charge is -2.31. The van der Waals surface area contributed by atoms with Crippen molar-refractivity contribution >= 4 is 33.3 Å². The van der Waals surface area contributed by atoms with Crippen molar-refractivity contribution in [3.05, 3.63) is 21.8 Å². The van der Waals surface area contributed by atoms with Gasteiger partial charge >= 0.3 is 0 Å². The Balaban J connectivity index is 2.09. The van der Waals surface area contributed by atoms with Crippen LogP contribution < -0.4 is 10.2 Å². The van der Waals surface area contributed by atoms with E-state index in [-0.39, 0.29) is 0 Å². The van der Waals surface area contributed by atoms with E-state index < -0.39 is 0 Å². The predicted octanol–water partition coefficient (Wildman–Crippen LogP) is 3.86. The Hall–Kier alpha value is -0.320. The smallest absolute Gasteiger partial charge is 0.147 e. The van der Waals surface area contributed by atoms with Crippen LogP contribution in [-0.2, 0) is 0 Å². The maximum absolute atomic E-state index is 6.32. The Kier molecular flexibility index (Phi) is 5.92. The van der Waals surface area contributed by atoms with Crippen molar-refractivity contribution in [3.8, 4) is 0 Å². The fraction of sp³-hybridized carbons (Fsp3) is 0.643. The molecule has 1 unspecified atom stereocenters. The third-order valence-corrected chi connectivity index (χ3v) is 4.15. The molecule has 1 aliphatic rings. The molecule has 0 radical (unpaired) electrons. The first kappa shape index (κ1) is 15.1. The highest BCUT2D eigenvalue weighted by Gasteiger charge is 2.19. The molecule has 0 spiro atoms. The van der Waals surface area contributed by atoms with E-state index in [0.717, 1.165) is 41.4 Å². The summed E-state index contributed by atoms with van der Waals surface area (Å²) in [6.07, 6.45) is 6.77. The van der Waals surface area contributed by atoms with Crippen LogP contribution in [0.4, 0.5) is 5.82 Å². The van der Waals surface area contributed by atoms with Gasteiger partial charge in [0.15, 0.2) is 0 Å². The number of hydrogen-bond acceptors (Lipinski definition) is 3. The van der Waals surface area contributed by atoms with Gasteiger partial charge in [-0.05, 0) is 47.8 Å². The van der Waals surface area contributed by atoms with Crippen molar-refractivity contribution in [1.82, 2.24) is 10.3 Å². The number of rotatable bonds is 5. The van der Waals surface area contributed by atoms with Gasteiger partial charge in [-0.15, -0.1) is 0 Å². The van der Waals surface area contributed by atoms with Crippen LogP contribution in [0.5, 0.6) is 0 Å². The van der Waals surface area contributed by atoms with Gasteiger partial charge in [-0.2, -0.15) is 0 Å². The van der Waals surface area contributed by atoms with Crippen molar-refractivity contribution in [2.45, 2.75) is 38.6 Å². The molecule has 0 bridgehead atoms. The second kappa shape index (κ2) is 7.46. The molecule has 1 aromatic rings. The van der Waals surface area contributed by atoms with Crippen molar-refractivity contribution < 1.29 is 0 Å². The maximum Gasteiger partial charge on any atom is 0.147 e. The minimum absolute atomic E-state index is 0.557. The second-order valence-corrected chi connectivity index (χ2v) is 6.37. The van der Waals surface area contributed by atoms with E-state index in [1.54, 1.807) is 0 Å². The van der Waals surface area contributed by atoms with Crippen LogP contribution in [0, 0.1) is 0 Å². The van der Waals surface area contributed by atoms with E-state index in [1.165, 1.54) is 19.3 Å². The molecule has 3 nitrogen and oxygen atoms in total. The minimum atomic E-state index is 0.557. The average Bonchev–Trinajstić information content (AvgIpc) is 2.39. The summed E-state index contributed by atoms with van der Waals surface area (Å²) >= 11 is 9.73. The van der Waals surface area contributed by atoms with Gasteiger partial charge in [-0.25, -0.2) is 4.98 Å². The number of nitrogens with zero attached hydrogens (tertiary/aromatic N) is 2. The first-order valence-corrected chi connectivity index (χ1v) is 8.17. The molecule has 19 heavy (non-hydrogen) atoms. The van der Waals surface area contributed by atoms with Gasteiger partial charge < -0.3 is 10.2 Å². The van der Waals surface area contributed by atoms with Gasteiger partial charge in [0.05, 0.1) is 5.02 Å². The molecular formula is C14H21BrClN3. The van der Waals surface area contributed by atoms with Gasteiger partial charge in [0.25, 0.3) is 0 Å². The average molecular weight is 347 g/mol. The Morgan fingerprint density at radius 3 is 3.00 bits per heavy atom. The summed E-state index contributed by atoms with van der Waals surface area (Å²) in [7, 11) is 0. The summed E-state index contributed by atoms with van der Waals surface area (Å²) in [6, 6.07) is 2.47. The lowest BCUT2D eigenvalue weighted by atomic mass is 10.0. The number of hydrogen-bond donors (Lipinski definition) is 1. The second-order valence-electron chi connectivity index (χ2n) is 5.05. The molecule has 1 N–H and O–H groups in total. The Bertz CT molecular complexity index is 408. The maximum atomic E-state index is 6.32. The molecule has 0 aromatic carbocycles. The molecule has 0 aliphatic carbocycles. The van der Waals surface area contributed by atoms with Crippen molar-refractivity contribution in [1.29, 1.82) is 0 Å². The van der Waals surface area contributed by atoms with Crippen LogP contribution in [0.1, 0.15) is 32.6 Å². The molecule has 1 fully saturated rings. The number of pyridine rings is 1. The molecule has 1 atom stereocenters. The highest BCUT2D eigenvalue weighted by atomic mass is 79.9. The molecule has 0 amide bonds. The summed E-state index contributed by atoms with van der Waals surface area (Å²) in [5.41, 5.74) is 0. The number of halogens is 2. The first-order valence-electron chi connectivity index (χ1n) is 7.00. The molecule has 1 saturated heterocycles. The van der Waals surface area contributed by atoms with E-state index in [1.807, 2.05) is 12.3 Å². The Labute approximate surface area is 128 Å². The van der Waals surface area contributed by atoms with Gasteiger partial charge in [-0.1, -0.05) is 24.9 Å². The largest absolute Gasteiger partial charge is 0.354 e. The SMILES string of the molecule is CCCN(CC1CCCCN1)c1ncc(Br)cc1Cl. The third kappa shape index (κ3) is 4.33. The van der Waals surface area contributed by atoms with E-state index in [2.05, 4.69) is 38.1 Å². The van der Waals surface area contributed by atoms with Crippen LogP contribution in [0.15, 0.2) is 16.7 Å². The van der Waals surface area contributed by atoms with E-state index in [4.69, 9.17) is 11.6 Å². The zero-order valence-electron chi connectivity index (χ0n) is 11.3. The zero-order chi connectivity index (χ0) is 13.7. The Morgan fingerprint density at radius 1 is 1.53 bits per heavy atom. The monoisotopic (exact) mass is 345 g/mol. The predicted molar refractivity (Wildman–Crippen MR) is 85.1 cm³/mol. The summed E-state index contributed by atoms with van der Waals surface area (Å²) in [5, 5.41) is 4.31. The van der Waals surface area contributed by atoms with Crippen molar-refractivity contribution in [3.63, 3.8) is 0 Å². The fourth-order valence-electron chi connectivity index (χ4n) is 2.54. The number of aromatic nitrogens is 1. The summed E-state index contributed by atoms with van der Waals surface area (Å²) in [5.74, 6) is 0.902. The quantitative estimate of drug-likeness (QED) is 0.877. The van der Waals surface area contributed by atoms with Gasteiger partial charge in [0.2, 0.25) is 0 Å². The Morgan fingerprint density at radius 2 is 2.37 bits per heavy atom. The number of piperidine rings is 1. The van der Waals surface area contributed by atoms with Crippen LogP contribution >= 0.6 is 27.5 Å². The van der Waals surface area contributed by atoms with Crippen molar-refractivity contribution in [2.24, 2.45) is 0 Å². The third-order valence-electron chi connectivity index (χ3n) is 3.43. The van der Waals surface area contributed by atoms with E-state index >= 15 is 0 Å². The van der Waals surface area contributed by atoms with Crippen LogP contribution in [-0.4, -0.2) is 30.7 Å². The summed E-state index contributed by atoms with van der Waals surface area (Å²) in [4.78, 5) is 6.78. The van der Waals surface area contributed by atoms with Gasteiger partial charge in [-0.3, -0.25) is 0 Å². The molecule has 1 aromatic heterocycles. The molecule has 2 rings (SSSR count). The van der Waals surface area contributed by atoms with Crippen LogP contribution in [0.3, 0.4) is 0 Å². The molecule has 1 aliphatic heterocycles. The fourth-order valence-corrected chi connectivity index (χ4v) is 3.29. The van der Waals surface area contributed by atoms with Gasteiger partial charge in [0.1, 0.15) is 5.82 Å². The molecule has 2 heterocycles. The highest BCUT2D eigenvalue weighted by Crippen LogP contribution is 2.27. The molecule has 5 heteroatoms. The van der Waals surface area contributed by atoms with E-state index in [9.17, 15) is 0 Å². The zero-order valence-corrected chi connectivity index (χ0v) is 13.7. The summed E-state index contributed by atoms with van der Waals surface area (Å²) in [6.45, 7) is 5.30. The van der Waals surface area contributed by atoms with Crippen LogP contribution in [0.2, 0.25) is 5.02 Å². The number of nitrogens with one attached hydrogen (secondary N) is 1. The van der Waals surface area contributed by atoms with Gasteiger partial charge in [0, 0.05) is 29.8 Å². The molecule has 0 saturated carbocycles. The van der Waals surface area contributed by atoms with Crippen LogP contribution in [0.25, 0.3) is 0 Å². The van der Waals surface area contributed by atoms with Crippen molar-refractivity contribution in [2.75, 3.05) is 24.5 Å². The normalized spacial score (nSPS) is 19.4. The first-order chi connectivity index (χ1) is 9.20. The number of anilines is 1. The standard InChI is InChI=1S/C14H21BrClN3/c1-2-7-19(10-12-5-3-4-6-17-12)14-13(16)8-11(15)9-18-14/h8-9,12,17H,2-7,10H2,1H3. The highest BCUT2D eigenvalue weighted by molar-refractivity contribution is 9.10. The van der Waals surface area contributed by atoms with E-state index in [0.29, 0.717) is 6.04 Å². The minimum Gasteiger partial charge on any atom is -0.354 e. The lowest BCUT2D eigenvalue weighted by molar-refractivity contribution is 0.398. The summed E-state index contributed by atoms with van der Waals surface area (Å²) < 4.78 is 0.925. The molecule has 106 valence electrons. The lowest BCUT2D eigenvalue weighted by Crippen LogP contribution is -2.44.